The molecule has 5 saturated heterocycles. The Morgan fingerprint density at radius 3 is 0.903 bits per heavy atom. The maximum absolute atomic E-state index is 14.4. The second kappa shape index (κ2) is 59.4. The number of esters is 2. The van der Waals surface area contributed by atoms with Crippen LogP contribution in [0.25, 0.3) is 0 Å². The van der Waals surface area contributed by atoms with Crippen LogP contribution in [-0.2, 0) is 269 Å². The molecular formula is C69H124O57S8. The summed E-state index contributed by atoms with van der Waals surface area (Å²) in [6, 6.07) is 0. The molecule has 5 aliphatic heterocycles. The van der Waals surface area contributed by atoms with Crippen molar-refractivity contribution in [2.75, 3.05) is 238 Å². The largest absolute Gasteiger partial charge is 0.467 e. The van der Waals surface area contributed by atoms with E-state index in [1.807, 2.05) is 11.8 Å². The average molecular weight is 2120 g/mol. The first-order valence-corrected chi connectivity index (χ1v) is 50.5. The van der Waals surface area contributed by atoms with Crippen LogP contribution in [0.1, 0.15) is 33.6 Å². The van der Waals surface area contributed by atoms with Gasteiger partial charge in [-0.05, 0) is 6.42 Å². The van der Waals surface area contributed by atoms with Gasteiger partial charge in [-0.15, -0.1) is 0 Å². The minimum atomic E-state index is -5.64. The molecule has 790 valence electrons. The Kier molecular flexibility index (Phi) is 53.9. The molecule has 0 bridgehead atoms. The molecule has 0 aromatic carbocycles. The zero-order valence-corrected chi connectivity index (χ0v) is 83.4. The molecule has 0 aromatic rings. The summed E-state index contributed by atoms with van der Waals surface area (Å²) < 4.78 is 407. The van der Waals surface area contributed by atoms with Crippen LogP contribution in [0.5, 0.6) is 0 Å². The third-order valence-electron chi connectivity index (χ3n) is 19.3. The number of Topliss-reactive ketones (excluding diaryl/α,β-unsaturated/α-hetero) is 1. The number of methoxy groups -OCH3 is 9. The molecule has 5 rings (SSSR count). The summed E-state index contributed by atoms with van der Waals surface area (Å²) in [6.45, 7) is 6.07. The van der Waals surface area contributed by atoms with Gasteiger partial charge in [0.25, 0.3) is 0 Å². The van der Waals surface area contributed by atoms with E-state index in [4.69, 9.17) is 152 Å². The summed E-state index contributed by atoms with van der Waals surface area (Å²) in [4.78, 5) is 41.2. The first kappa shape index (κ1) is 122. The van der Waals surface area contributed by atoms with E-state index >= 15 is 0 Å². The Morgan fingerprint density at radius 1 is 0.284 bits per heavy atom. The van der Waals surface area contributed by atoms with E-state index in [-0.39, 0.29) is 76.4 Å². The van der Waals surface area contributed by atoms with Gasteiger partial charge >= 0.3 is 84.7 Å². The Balaban J connectivity index is 1.41. The number of rotatable bonds is 69. The lowest BCUT2D eigenvalue weighted by Crippen LogP contribution is -2.70. The number of carbonyl (C=O) groups excluding carboxylic acids is 3. The molecule has 134 heavy (non-hydrogen) atoms. The molecule has 5 fully saturated rings. The molecule has 5 heterocycles. The fraction of sp³-hybridized carbons (Fsp3) is 0.957. The van der Waals surface area contributed by atoms with Gasteiger partial charge < -0.3 is 123 Å². The van der Waals surface area contributed by atoms with Crippen molar-refractivity contribution >= 4 is 102 Å². The molecule has 57 nitrogen and oxygen atoms in total. The normalized spacial score (nSPS) is 30.0. The molecule has 25 atom stereocenters. The molecule has 0 unspecified atom stereocenters. The van der Waals surface area contributed by atoms with Gasteiger partial charge in [0, 0.05) is 73.3 Å². The third kappa shape index (κ3) is 39.3. The van der Waals surface area contributed by atoms with Crippen molar-refractivity contribution in [2.24, 2.45) is 0 Å². The van der Waals surface area contributed by atoms with Crippen molar-refractivity contribution < 1.29 is 255 Å². The van der Waals surface area contributed by atoms with Gasteiger partial charge in [0.05, 0.1) is 170 Å². The number of carbonyl (C=O) groups is 3. The number of ether oxygens (including phenoxy) is 26. The molecule has 0 aromatic heterocycles. The van der Waals surface area contributed by atoms with Crippen LogP contribution in [0, 0.1) is 0 Å². The minimum absolute atomic E-state index is 0.0471. The standard InChI is InChI=1S/C69H124O57S8/c1-69(2,3)127-36-35-108-30-29-105-25-26-106-31-32-109-37-41(70)21-20-22-103-23-24-104-27-28-107-33-34-110-45-42(38-111-128(73,74)96-13)115-65(57(90-7)48(45)87-4)119-51-49(88-5)58(91-8)67(121-55(51)62(71)93-10)118-47-44(40-113-130(77,78)98-15)116-68(61(126-134(85,86)102-19)54(47)124-132(81,82)100-17)120-52-50(89-6)59(92-9)66(122-56(52)63(72)94-11)117-46-43(39-112-129(75,76)97-14)114-64(95-12)60(125-133(83,84)101-18)53(46)123-131(79,80)99-16/h42-61,64-68H,20-40H2,1-19H3/t42-,43-,44-,45-,46-,47-,48+,49+,50+,51+,52+,53+,54+,55+,56-,57-,58-,59-,60-,61-,64+,65-,66-,67-,68-/m1/s1. The van der Waals surface area contributed by atoms with Crippen molar-refractivity contribution in [2.45, 2.75) is 192 Å². The van der Waals surface area contributed by atoms with E-state index in [0.717, 1.165) is 62.6 Å². The van der Waals surface area contributed by atoms with Crippen molar-refractivity contribution in [1.82, 2.24) is 0 Å². The van der Waals surface area contributed by atoms with Gasteiger partial charge in [0.2, 0.25) is 0 Å². The SMILES string of the molecule is COC(=O)[C@H]1O[C@@H](O[C@H]2[C@H](OS(=O)(=O)OC)[C@@H](OS(=O)(=O)OC)[C@@H](O[C@H]3[C@H](OC)[C@@H](OC)[C@H](O[C@H]4[C@H](OS(=O)(=O)OC)[C@@H](OS(=O)(=O)OC)[C@@H](OC)O[C@@H]4COS(=O)(=O)OC)O[C@H]3C(=O)OC)O[C@@H]2COS(=O)(=O)OC)[C@H](OC)[C@@H](OC)[C@@H]1O[C@H]1O[C@H](COS(=O)(=O)OC)[C@@H](OCCOCCOCCOCCCC(=O)COCCOCCOCCOCCSC(C)(C)C)[C@H](OC)[C@H]1OC. The lowest BCUT2D eigenvalue weighted by molar-refractivity contribution is -0.388. The molecule has 0 saturated carbocycles. The van der Waals surface area contributed by atoms with Gasteiger partial charge in [0.1, 0.15) is 104 Å². The van der Waals surface area contributed by atoms with E-state index in [1.165, 1.54) is 14.2 Å². The van der Waals surface area contributed by atoms with E-state index in [2.05, 4.69) is 50.1 Å². The zero-order valence-electron chi connectivity index (χ0n) is 76.8. The van der Waals surface area contributed by atoms with Crippen molar-refractivity contribution in [3.8, 4) is 0 Å². The maximum Gasteiger partial charge on any atom is 0.400 e. The van der Waals surface area contributed by atoms with Crippen LogP contribution in [0.15, 0.2) is 0 Å². The van der Waals surface area contributed by atoms with Crippen LogP contribution < -0.4 is 0 Å². The second-order valence-electron chi connectivity index (χ2n) is 28.7. The van der Waals surface area contributed by atoms with Gasteiger partial charge in [-0.25, -0.2) is 38.9 Å². The highest BCUT2D eigenvalue weighted by Gasteiger charge is 2.63. The topological polar surface area (TPSA) is 659 Å². The van der Waals surface area contributed by atoms with E-state index < -0.39 is 258 Å². The summed E-state index contributed by atoms with van der Waals surface area (Å²) in [5, 5.41) is 0. The number of thioether (sulfide) groups is 1. The molecule has 0 radical (unpaired) electrons. The zero-order chi connectivity index (χ0) is 100. The summed E-state index contributed by atoms with van der Waals surface area (Å²) in [6.07, 6.45) is -53.3. The van der Waals surface area contributed by atoms with E-state index in [1.54, 1.807) is 0 Å². The maximum atomic E-state index is 14.4. The molecule has 5 aliphatic rings. The summed E-state index contributed by atoms with van der Waals surface area (Å²) in [5.41, 5.74) is 0. The van der Waals surface area contributed by atoms with Crippen molar-refractivity contribution in [3.63, 3.8) is 0 Å². The van der Waals surface area contributed by atoms with Crippen LogP contribution in [0.3, 0.4) is 0 Å². The molecule has 0 amide bonds. The molecule has 0 spiro atoms. The predicted octanol–water partition coefficient (Wildman–Crippen LogP) is -4.55. The first-order valence-electron chi connectivity index (χ1n) is 40.2. The number of ketones is 1. The van der Waals surface area contributed by atoms with Gasteiger partial charge in [-0.2, -0.15) is 70.7 Å². The summed E-state index contributed by atoms with van der Waals surface area (Å²) >= 11 is 1.83. The van der Waals surface area contributed by atoms with E-state index in [9.17, 15) is 73.3 Å². The monoisotopic (exact) mass is 2120 g/mol. The highest BCUT2D eigenvalue weighted by molar-refractivity contribution is 8.00. The highest BCUT2D eigenvalue weighted by Crippen LogP contribution is 2.43. The Hall–Kier alpha value is -2.91. The van der Waals surface area contributed by atoms with Gasteiger partial charge in [0.15, 0.2) is 61.6 Å². The molecule has 0 aliphatic carbocycles. The average Bonchev–Trinajstić information content (AvgIpc) is 0.764. The number of hydrogen-bond donors (Lipinski definition) is 0. The van der Waals surface area contributed by atoms with Crippen LogP contribution in [0.4, 0.5) is 0 Å². The Labute approximate surface area is 783 Å². The fourth-order valence-corrected chi connectivity index (χ4v) is 17.3. The molecule has 0 N–H and O–H groups in total. The highest BCUT2D eigenvalue weighted by atomic mass is 32.3. The lowest BCUT2D eigenvalue weighted by Gasteiger charge is -2.51. The fourth-order valence-electron chi connectivity index (χ4n) is 13.1. The number of hydrogen-bond acceptors (Lipinski definition) is 58. The Bertz CT molecular complexity index is 4250. The first-order chi connectivity index (χ1) is 63.3. The van der Waals surface area contributed by atoms with Crippen molar-refractivity contribution in [3.05, 3.63) is 0 Å². The predicted molar refractivity (Wildman–Crippen MR) is 439 cm³/mol. The van der Waals surface area contributed by atoms with Crippen LogP contribution in [-0.4, -0.2) is 473 Å². The summed E-state index contributed by atoms with van der Waals surface area (Å²) in [5.74, 6) is -2.10. The van der Waals surface area contributed by atoms with Gasteiger partial charge in [-0.3, -0.25) is 34.1 Å². The second-order valence-corrected chi connectivity index (χ2v) is 40.1. The lowest BCUT2D eigenvalue weighted by atomic mass is 9.94. The van der Waals surface area contributed by atoms with Crippen molar-refractivity contribution in [1.29, 1.82) is 0 Å². The molecule has 65 heteroatoms. The van der Waals surface area contributed by atoms with E-state index in [0.29, 0.717) is 88.7 Å². The summed E-state index contributed by atoms with van der Waals surface area (Å²) in [7, 11) is -23.8. The minimum Gasteiger partial charge on any atom is -0.467 e. The van der Waals surface area contributed by atoms with Crippen LogP contribution >= 0.6 is 11.8 Å². The molecular weight excluding hydrogens is 2000 g/mol. The quantitative estimate of drug-likeness (QED) is 0.0409. The van der Waals surface area contributed by atoms with Crippen LogP contribution in [0.2, 0.25) is 0 Å². The third-order valence-corrected chi connectivity index (χ3v) is 26.5. The smallest absolute Gasteiger partial charge is 0.400 e. The Morgan fingerprint density at radius 2 is 0.567 bits per heavy atom. The van der Waals surface area contributed by atoms with Gasteiger partial charge in [-0.1, -0.05) is 20.8 Å².